The second kappa shape index (κ2) is 5.94. The zero-order valence-corrected chi connectivity index (χ0v) is 13.3. The molecule has 0 aliphatic heterocycles. The maximum absolute atomic E-state index is 13.0. The van der Waals surface area contributed by atoms with Gasteiger partial charge in [0.15, 0.2) is 0 Å². The van der Waals surface area contributed by atoms with Crippen LogP contribution < -0.4 is 5.73 Å². The largest absolute Gasteiger partial charge is 0.327 e. The average Bonchev–Trinajstić information content (AvgIpc) is 2.38. The first kappa shape index (κ1) is 15.6. The molecule has 1 aliphatic rings. The minimum atomic E-state index is -1.16. The van der Waals surface area contributed by atoms with Crippen molar-refractivity contribution in [3.8, 4) is 0 Å². The molecule has 0 bridgehead atoms. The first-order valence-electron chi connectivity index (χ1n) is 7.21. The molecule has 4 unspecified atom stereocenters. The molecule has 2 rings (SSSR count). The summed E-state index contributed by atoms with van der Waals surface area (Å²) >= 11 is 0. The predicted octanol–water partition coefficient (Wildman–Crippen LogP) is 3.48. The molecule has 1 fully saturated rings. The quantitative estimate of drug-likeness (QED) is 0.908. The number of rotatable bonds is 2. The van der Waals surface area contributed by atoms with E-state index in [9.17, 15) is 8.60 Å². The third-order valence-electron chi connectivity index (χ3n) is 4.39. The normalized spacial score (nSPS) is 29.1. The van der Waals surface area contributed by atoms with Gasteiger partial charge in [0.1, 0.15) is 5.82 Å². The Kier molecular flexibility index (Phi) is 4.65. The van der Waals surface area contributed by atoms with Crippen molar-refractivity contribution in [2.24, 2.45) is 17.1 Å². The van der Waals surface area contributed by atoms with Crippen molar-refractivity contribution in [1.82, 2.24) is 0 Å². The molecule has 1 aromatic rings. The van der Waals surface area contributed by atoms with Crippen LogP contribution in [0.1, 0.15) is 40.0 Å². The lowest BCUT2D eigenvalue weighted by Crippen LogP contribution is -2.45. The van der Waals surface area contributed by atoms with Crippen LogP contribution in [0.2, 0.25) is 0 Å². The van der Waals surface area contributed by atoms with Crippen LogP contribution in [0.5, 0.6) is 0 Å². The highest BCUT2D eigenvalue weighted by Crippen LogP contribution is 2.39. The molecule has 2 nitrogen and oxygen atoms in total. The van der Waals surface area contributed by atoms with Crippen molar-refractivity contribution in [3.05, 3.63) is 30.1 Å². The van der Waals surface area contributed by atoms with Gasteiger partial charge in [0.25, 0.3) is 0 Å². The molecule has 2 N–H and O–H groups in total. The molecule has 0 radical (unpaired) electrons. The van der Waals surface area contributed by atoms with Gasteiger partial charge in [0, 0.05) is 10.9 Å². The van der Waals surface area contributed by atoms with Crippen molar-refractivity contribution >= 4 is 10.8 Å². The van der Waals surface area contributed by atoms with E-state index in [1.807, 2.05) is 0 Å². The summed E-state index contributed by atoms with van der Waals surface area (Å²) < 4.78 is 25.7. The summed E-state index contributed by atoms with van der Waals surface area (Å²) in [6.45, 7) is 6.69. The van der Waals surface area contributed by atoms with Gasteiger partial charge in [-0.3, -0.25) is 4.21 Å². The highest BCUT2D eigenvalue weighted by atomic mass is 32.2. The molecule has 4 heteroatoms. The summed E-state index contributed by atoms with van der Waals surface area (Å²) in [5, 5.41) is -0.0292. The molecule has 1 saturated carbocycles. The monoisotopic (exact) mass is 297 g/mol. The van der Waals surface area contributed by atoms with Crippen LogP contribution >= 0.6 is 0 Å². The molecule has 20 heavy (non-hydrogen) atoms. The molecular weight excluding hydrogens is 273 g/mol. The predicted molar refractivity (Wildman–Crippen MR) is 81.4 cm³/mol. The highest BCUT2D eigenvalue weighted by Gasteiger charge is 2.37. The second-order valence-corrected chi connectivity index (χ2v) is 8.50. The Morgan fingerprint density at radius 2 is 1.80 bits per heavy atom. The zero-order valence-electron chi connectivity index (χ0n) is 12.4. The lowest BCUT2D eigenvalue weighted by atomic mass is 9.71. The molecule has 1 aliphatic carbocycles. The van der Waals surface area contributed by atoms with E-state index >= 15 is 0 Å². The summed E-state index contributed by atoms with van der Waals surface area (Å²) in [6, 6.07) is 5.92. The van der Waals surface area contributed by atoms with Gasteiger partial charge in [-0.1, -0.05) is 20.8 Å². The minimum absolute atomic E-state index is 0.0283. The molecule has 0 aromatic heterocycles. The molecule has 0 saturated heterocycles. The number of benzene rings is 1. The summed E-state index contributed by atoms with van der Waals surface area (Å²) in [5.41, 5.74) is 6.40. The van der Waals surface area contributed by atoms with Crippen LogP contribution in [0, 0.1) is 17.2 Å². The number of hydrogen-bond donors (Lipinski definition) is 1. The van der Waals surface area contributed by atoms with E-state index in [1.54, 1.807) is 12.1 Å². The second-order valence-electron chi connectivity index (χ2n) is 6.83. The molecule has 0 heterocycles. The molecular formula is C16H24FNOS. The van der Waals surface area contributed by atoms with Crippen molar-refractivity contribution in [2.75, 3.05) is 0 Å². The van der Waals surface area contributed by atoms with Gasteiger partial charge in [0.05, 0.1) is 16.0 Å². The lowest BCUT2D eigenvalue weighted by Gasteiger charge is -2.40. The van der Waals surface area contributed by atoms with Crippen molar-refractivity contribution < 1.29 is 8.60 Å². The average molecular weight is 297 g/mol. The topological polar surface area (TPSA) is 43.1 Å². The van der Waals surface area contributed by atoms with Crippen molar-refractivity contribution in [3.63, 3.8) is 0 Å². The van der Waals surface area contributed by atoms with Gasteiger partial charge in [0.2, 0.25) is 0 Å². The van der Waals surface area contributed by atoms with E-state index in [2.05, 4.69) is 20.8 Å². The number of nitrogens with two attached hydrogens (primary N) is 1. The van der Waals surface area contributed by atoms with Gasteiger partial charge in [-0.15, -0.1) is 0 Å². The molecule has 0 amide bonds. The van der Waals surface area contributed by atoms with Crippen LogP contribution in [-0.4, -0.2) is 15.5 Å². The van der Waals surface area contributed by atoms with Gasteiger partial charge >= 0.3 is 0 Å². The maximum Gasteiger partial charge on any atom is 0.123 e. The van der Waals surface area contributed by atoms with Crippen LogP contribution in [-0.2, 0) is 10.8 Å². The molecule has 1 aromatic carbocycles. The third kappa shape index (κ3) is 3.47. The van der Waals surface area contributed by atoms with E-state index in [0.29, 0.717) is 10.8 Å². The van der Waals surface area contributed by atoms with E-state index < -0.39 is 10.8 Å². The molecule has 112 valence electrons. The summed E-state index contributed by atoms with van der Waals surface area (Å²) in [5.74, 6) is 0.239. The molecule has 4 atom stereocenters. The Morgan fingerprint density at radius 1 is 1.20 bits per heavy atom. The fourth-order valence-corrected chi connectivity index (χ4v) is 4.54. The minimum Gasteiger partial charge on any atom is -0.327 e. The van der Waals surface area contributed by atoms with Gasteiger partial charge in [-0.2, -0.15) is 0 Å². The van der Waals surface area contributed by atoms with Crippen molar-refractivity contribution in [2.45, 2.75) is 56.2 Å². The summed E-state index contributed by atoms with van der Waals surface area (Å²) in [4.78, 5) is 0.682. The van der Waals surface area contributed by atoms with Crippen LogP contribution in [0.3, 0.4) is 0 Å². The van der Waals surface area contributed by atoms with Crippen molar-refractivity contribution in [1.29, 1.82) is 0 Å². The lowest BCUT2D eigenvalue weighted by molar-refractivity contribution is 0.173. The van der Waals surface area contributed by atoms with Crippen LogP contribution in [0.25, 0.3) is 0 Å². The number of hydrogen-bond acceptors (Lipinski definition) is 2. The Balaban J connectivity index is 2.17. The van der Waals surface area contributed by atoms with E-state index in [1.165, 1.54) is 12.1 Å². The Labute approximate surface area is 123 Å². The fourth-order valence-electron chi connectivity index (χ4n) is 2.93. The zero-order chi connectivity index (χ0) is 14.9. The Bertz CT molecular complexity index is 480. The first-order chi connectivity index (χ1) is 9.29. The Hall–Kier alpha value is -0.740. The maximum atomic E-state index is 13.0. The van der Waals surface area contributed by atoms with Gasteiger partial charge in [-0.25, -0.2) is 4.39 Å². The Morgan fingerprint density at radius 3 is 2.35 bits per heavy atom. The molecule has 0 spiro atoms. The fraction of sp³-hybridized carbons (Fsp3) is 0.625. The van der Waals surface area contributed by atoms with Crippen LogP contribution in [0.15, 0.2) is 29.2 Å². The van der Waals surface area contributed by atoms with E-state index in [0.717, 1.165) is 19.3 Å². The smallest absolute Gasteiger partial charge is 0.123 e. The third-order valence-corrected chi connectivity index (χ3v) is 6.22. The van der Waals surface area contributed by atoms with Gasteiger partial charge in [-0.05, 0) is 54.9 Å². The summed E-state index contributed by atoms with van der Waals surface area (Å²) in [6.07, 6.45) is 2.90. The van der Waals surface area contributed by atoms with Gasteiger partial charge < -0.3 is 5.73 Å². The van der Waals surface area contributed by atoms with E-state index in [4.69, 9.17) is 5.73 Å². The standard InChI is InChI=1S/C16H24FNOS/c1-16(2,3)11-4-9-14(18)15(10-11)20(19)13-7-5-12(17)6-8-13/h5-8,11,14-15H,4,9-10,18H2,1-3H3. The number of halogens is 1. The first-order valence-corrected chi connectivity index (χ1v) is 8.42. The van der Waals surface area contributed by atoms with E-state index in [-0.39, 0.29) is 22.5 Å². The highest BCUT2D eigenvalue weighted by molar-refractivity contribution is 7.85. The van der Waals surface area contributed by atoms with Crippen LogP contribution in [0.4, 0.5) is 4.39 Å². The SMILES string of the molecule is CC(C)(C)C1CCC(N)C(S(=O)c2ccc(F)cc2)C1. The summed E-state index contributed by atoms with van der Waals surface area (Å²) in [7, 11) is -1.16.